The van der Waals surface area contributed by atoms with E-state index < -0.39 is 7.82 Å². The van der Waals surface area contributed by atoms with Crippen LogP contribution in [-0.2, 0) is 13.8 Å². The third-order valence-corrected chi connectivity index (χ3v) is 2.94. The summed E-state index contributed by atoms with van der Waals surface area (Å²) in [6.45, 7) is 5.21. The zero-order valence-electron chi connectivity index (χ0n) is 10.1. The molecule has 0 amide bonds. The van der Waals surface area contributed by atoms with Gasteiger partial charge in [0.05, 0.1) is 13.2 Å². The maximum Gasteiger partial charge on any atom is 0.469 e. The van der Waals surface area contributed by atoms with E-state index in [1.54, 1.807) is 0 Å². The van der Waals surface area contributed by atoms with Crippen LogP contribution >= 0.6 is 7.82 Å². The first-order valence-electron chi connectivity index (χ1n) is 5.73. The predicted molar refractivity (Wildman–Crippen MR) is 62.1 cm³/mol. The second-order valence-electron chi connectivity index (χ2n) is 3.95. The van der Waals surface area contributed by atoms with Gasteiger partial charge in [0.15, 0.2) is 0 Å². The molecule has 0 aliphatic carbocycles. The van der Waals surface area contributed by atoms with Gasteiger partial charge in [-0.25, -0.2) is 4.57 Å². The molecule has 0 aliphatic heterocycles. The molecule has 2 N–H and O–H groups in total. The number of unbranched alkanes of at least 4 members (excludes halogenated alkanes) is 1. The Hall–Kier alpha value is 0.0700. The largest absolute Gasteiger partial charge is 0.469 e. The molecule has 0 saturated carbocycles. The fourth-order valence-electron chi connectivity index (χ4n) is 1.22. The highest BCUT2D eigenvalue weighted by atomic mass is 31.2. The standard InChI is InChI=1S/C10H23O5P/c1-3-10(2)6-4-5-7-14-8-9-15-16(11,12)13/h10H,3-9H2,1-2H3,(H2,11,12,13). The molecule has 0 aromatic carbocycles. The van der Waals surface area contributed by atoms with Gasteiger partial charge >= 0.3 is 7.82 Å². The first kappa shape index (κ1) is 16.1. The zero-order valence-corrected chi connectivity index (χ0v) is 11.0. The zero-order chi connectivity index (χ0) is 12.4. The SMILES string of the molecule is CCC(C)CCCCOCCOP(=O)(O)O. The Morgan fingerprint density at radius 1 is 1.19 bits per heavy atom. The normalized spacial score (nSPS) is 14.0. The highest BCUT2D eigenvalue weighted by Crippen LogP contribution is 2.35. The maximum atomic E-state index is 10.3. The molecule has 1 unspecified atom stereocenters. The number of rotatable bonds is 10. The Bertz CT molecular complexity index is 203. The molecule has 1 atom stereocenters. The van der Waals surface area contributed by atoms with Crippen molar-refractivity contribution in [2.75, 3.05) is 19.8 Å². The summed E-state index contributed by atoms with van der Waals surface area (Å²) in [7, 11) is -4.32. The van der Waals surface area contributed by atoms with Crippen LogP contribution in [0.25, 0.3) is 0 Å². The van der Waals surface area contributed by atoms with Crippen LogP contribution in [-0.4, -0.2) is 29.6 Å². The van der Waals surface area contributed by atoms with Crippen molar-refractivity contribution in [3.8, 4) is 0 Å². The van der Waals surface area contributed by atoms with E-state index in [0.29, 0.717) is 6.61 Å². The number of hydrogen-bond donors (Lipinski definition) is 2. The van der Waals surface area contributed by atoms with E-state index in [1.165, 1.54) is 12.8 Å². The lowest BCUT2D eigenvalue weighted by atomic mass is 10.0. The molecular weight excluding hydrogens is 231 g/mol. The Balaban J connectivity index is 3.13. The molecule has 98 valence electrons. The summed E-state index contributed by atoms with van der Waals surface area (Å²) in [6.07, 6.45) is 4.53. The van der Waals surface area contributed by atoms with Crippen molar-refractivity contribution in [1.82, 2.24) is 0 Å². The summed E-state index contributed by atoms with van der Waals surface area (Å²) < 4.78 is 19.7. The molecular formula is C10H23O5P. The van der Waals surface area contributed by atoms with E-state index in [2.05, 4.69) is 18.4 Å². The van der Waals surface area contributed by atoms with Crippen LogP contribution in [0.2, 0.25) is 0 Å². The average Bonchev–Trinajstić information content (AvgIpc) is 2.20. The summed E-state index contributed by atoms with van der Waals surface area (Å²) >= 11 is 0. The molecule has 5 nitrogen and oxygen atoms in total. The van der Waals surface area contributed by atoms with Gasteiger partial charge in [0, 0.05) is 6.61 Å². The Morgan fingerprint density at radius 2 is 1.88 bits per heavy atom. The number of phosphoric ester groups is 1. The molecule has 0 rings (SSSR count). The van der Waals surface area contributed by atoms with Gasteiger partial charge in [-0.05, 0) is 12.3 Å². The van der Waals surface area contributed by atoms with Gasteiger partial charge in [0.2, 0.25) is 0 Å². The van der Waals surface area contributed by atoms with Crippen LogP contribution in [0.5, 0.6) is 0 Å². The van der Waals surface area contributed by atoms with Crippen molar-refractivity contribution in [1.29, 1.82) is 0 Å². The van der Waals surface area contributed by atoms with Gasteiger partial charge in [-0.15, -0.1) is 0 Å². The van der Waals surface area contributed by atoms with Crippen LogP contribution in [0.4, 0.5) is 0 Å². The minimum atomic E-state index is -4.32. The number of ether oxygens (including phenoxy) is 1. The van der Waals surface area contributed by atoms with Gasteiger partial charge in [-0.1, -0.05) is 33.1 Å². The van der Waals surface area contributed by atoms with E-state index >= 15 is 0 Å². The van der Waals surface area contributed by atoms with Crippen LogP contribution in [0, 0.1) is 5.92 Å². The highest BCUT2D eigenvalue weighted by Gasteiger charge is 2.12. The van der Waals surface area contributed by atoms with E-state index in [0.717, 1.165) is 18.8 Å². The third-order valence-electron chi connectivity index (χ3n) is 2.42. The maximum absolute atomic E-state index is 10.3. The molecule has 0 bridgehead atoms. The Morgan fingerprint density at radius 3 is 2.44 bits per heavy atom. The quantitative estimate of drug-likeness (QED) is 0.462. The fraction of sp³-hybridized carbons (Fsp3) is 1.00. The lowest BCUT2D eigenvalue weighted by Gasteiger charge is -2.08. The van der Waals surface area contributed by atoms with E-state index in [4.69, 9.17) is 14.5 Å². The summed E-state index contributed by atoms with van der Waals surface area (Å²) in [5.41, 5.74) is 0. The molecule has 0 aromatic rings. The first-order valence-corrected chi connectivity index (χ1v) is 7.26. The highest BCUT2D eigenvalue weighted by molar-refractivity contribution is 7.46. The lowest BCUT2D eigenvalue weighted by Crippen LogP contribution is -2.04. The lowest BCUT2D eigenvalue weighted by molar-refractivity contribution is 0.0827. The molecule has 0 fully saturated rings. The molecule has 6 heteroatoms. The predicted octanol–water partition coefficient (Wildman–Crippen LogP) is 2.33. The van der Waals surface area contributed by atoms with Crippen molar-refractivity contribution in [2.45, 2.75) is 39.5 Å². The molecule has 0 heterocycles. The van der Waals surface area contributed by atoms with Gasteiger partial charge in [0.25, 0.3) is 0 Å². The van der Waals surface area contributed by atoms with E-state index in [1.807, 2.05) is 0 Å². The molecule has 0 radical (unpaired) electrons. The molecule has 16 heavy (non-hydrogen) atoms. The van der Waals surface area contributed by atoms with Gasteiger partial charge < -0.3 is 14.5 Å². The Labute approximate surface area is 97.4 Å². The smallest absolute Gasteiger partial charge is 0.379 e. The van der Waals surface area contributed by atoms with Crippen molar-refractivity contribution in [2.24, 2.45) is 5.92 Å². The summed E-state index contributed by atoms with van der Waals surface area (Å²) in [5.74, 6) is 0.762. The summed E-state index contributed by atoms with van der Waals surface area (Å²) in [6, 6.07) is 0. The van der Waals surface area contributed by atoms with Gasteiger partial charge in [-0.3, -0.25) is 4.52 Å². The first-order chi connectivity index (χ1) is 7.45. The van der Waals surface area contributed by atoms with Crippen LogP contribution in [0.15, 0.2) is 0 Å². The summed E-state index contributed by atoms with van der Waals surface area (Å²) in [5, 5.41) is 0. The van der Waals surface area contributed by atoms with Crippen molar-refractivity contribution < 1.29 is 23.6 Å². The second kappa shape index (κ2) is 9.14. The fourth-order valence-corrected chi connectivity index (χ4v) is 1.53. The van der Waals surface area contributed by atoms with Crippen LogP contribution in [0.3, 0.4) is 0 Å². The van der Waals surface area contributed by atoms with Crippen LogP contribution < -0.4 is 0 Å². The monoisotopic (exact) mass is 254 g/mol. The van der Waals surface area contributed by atoms with Crippen molar-refractivity contribution in [3.05, 3.63) is 0 Å². The molecule has 0 spiro atoms. The third kappa shape index (κ3) is 12.1. The number of hydrogen-bond acceptors (Lipinski definition) is 3. The molecule has 0 aromatic heterocycles. The van der Waals surface area contributed by atoms with Gasteiger partial charge in [0.1, 0.15) is 0 Å². The molecule has 0 aliphatic rings. The van der Waals surface area contributed by atoms with Crippen molar-refractivity contribution >= 4 is 7.82 Å². The van der Waals surface area contributed by atoms with Crippen LogP contribution in [0.1, 0.15) is 39.5 Å². The second-order valence-corrected chi connectivity index (χ2v) is 5.18. The van der Waals surface area contributed by atoms with Gasteiger partial charge in [-0.2, -0.15) is 0 Å². The van der Waals surface area contributed by atoms with Crippen molar-refractivity contribution in [3.63, 3.8) is 0 Å². The van der Waals surface area contributed by atoms with E-state index in [-0.39, 0.29) is 13.2 Å². The minimum Gasteiger partial charge on any atom is -0.379 e. The Kier molecular flexibility index (Phi) is 9.18. The molecule has 0 saturated heterocycles. The minimum absolute atomic E-state index is 0.0599. The number of phosphoric acid groups is 1. The topological polar surface area (TPSA) is 76.0 Å². The van der Waals surface area contributed by atoms with E-state index in [9.17, 15) is 4.57 Å². The summed E-state index contributed by atoms with van der Waals surface area (Å²) in [4.78, 5) is 16.8. The average molecular weight is 254 g/mol.